The number of aromatic carboxylic acids is 1. The summed E-state index contributed by atoms with van der Waals surface area (Å²) in [6.07, 6.45) is 1.24. The number of carboxylic acids is 1. The number of hydrogen-bond acceptors (Lipinski definition) is 3. The van der Waals surface area contributed by atoms with E-state index in [9.17, 15) is 9.18 Å². The number of aromatic nitrogens is 2. The van der Waals surface area contributed by atoms with Crippen LogP contribution in [0.5, 0.6) is 0 Å². The van der Waals surface area contributed by atoms with Crippen LogP contribution in [0.4, 0.5) is 4.39 Å². The quantitative estimate of drug-likeness (QED) is 0.892. The summed E-state index contributed by atoms with van der Waals surface area (Å²) in [6, 6.07) is 5.36. The van der Waals surface area contributed by atoms with Gasteiger partial charge in [-0.05, 0) is 18.2 Å². The lowest BCUT2D eigenvalue weighted by Crippen LogP contribution is -2.03. The lowest BCUT2D eigenvalue weighted by atomic mass is 10.2. The Morgan fingerprint density at radius 2 is 2.12 bits per heavy atom. The van der Waals surface area contributed by atoms with Crippen LogP contribution in [0.3, 0.4) is 0 Å². The molecule has 0 radical (unpaired) electrons. The van der Waals surface area contributed by atoms with Crippen LogP contribution in [0, 0.1) is 5.82 Å². The van der Waals surface area contributed by atoms with Crippen LogP contribution in [-0.4, -0.2) is 21.0 Å². The van der Waals surface area contributed by atoms with E-state index in [0.29, 0.717) is 0 Å². The third-order valence-corrected chi connectivity index (χ3v) is 2.38. The minimum atomic E-state index is -1.21. The smallest absolute Gasteiger partial charge is 0.354 e. The average Bonchev–Trinajstić information content (AvgIpc) is 2.29. The molecule has 0 amide bonds. The minimum absolute atomic E-state index is 0.00253. The van der Waals surface area contributed by atoms with Crippen molar-refractivity contribution in [1.29, 1.82) is 0 Å². The third kappa shape index (κ3) is 2.24. The first kappa shape index (κ1) is 11.5. The van der Waals surface area contributed by atoms with E-state index in [1.54, 1.807) is 0 Å². The molecule has 0 aliphatic rings. The first-order valence-electron chi connectivity index (χ1n) is 4.60. The first-order chi connectivity index (χ1) is 8.09. The zero-order chi connectivity index (χ0) is 12.4. The summed E-state index contributed by atoms with van der Waals surface area (Å²) < 4.78 is 13.6. The summed E-state index contributed by atoms with van der Waals surface area (Å²) in [6.45, 7) is 0. The number of nitrogens with zero attached hydrogens (tertiary/aromatic N) is 2. The molecule has 0 saturated carbocycles. The number of carbonyl (C=O) groups is 1. The van der Waals surface area contributed by atoms with Crippen LogP contribution < -0.4 is 0 Å². The van der Waals surface area contributed by atoms with E-state index in [1.807, 2.05) is 0 Å². The maximum Gasteiger partial charge on any atom is 0.354 e. The molecule has 0 bridgehead atoms. The molecule has 0 unspecified atom stereocenters. The highest BCUT2D eigenvalue weighted by atomic mass is 35.5. The number of rotatable bonds is 2. The van der Waals surface area contributed by atoms with Crippen molar-refractivity contribution in [2.45, 2.75) is 0 Å². The zero-order valence-electron chi connectivity index (χ0n) is 8.39. The van der Waals surface area contributed by atoms with Crippen LogP contribution in [0.2, 0.25) is 5.02 Å². The van der Waals surface area contributed by atoms with Gasteiger partial charge in [-0.3, -0.25) is 0 Å². The summed E-state index contributed by atoms with van der Waals surface area (Å²) in [5.41, 5.74) is -0.216. The van der Waals surface area contributed by atoms with Crippen LogP contribution in [0.1, 0.15) is 10.5 Å². The summed E-state index contributed by atoms with van der Waals surface area (Å²) in [5, 5.41) is 8.91. The molecule has 0 saturated heterocycles. The molecular formula is C11H6ClFN2O2. The van der Waals surface area contributed by atoms with E-state index in [1.165, 1.54) is 30.5 Å². The van der Waals surface area contributed by atoms with Gasteiger partial charge in [0.25, 0.3) is 0 Å². The molecule has 2 aromatic rings. The summed E-state index contributed by atoms with van der Waals surface area (Å²) in [4.78, 5) is 18.3. The van der Waals surface area contributed by atoms with E-state index in [0.717, 1.165) is 0 Å². The van der Waals surface area contributed by atoms with Gasteiger partial charge in [-0.2, -0.15) is 0 Å². The monoisotopic (exact) mass is 252 g/mol. The Balaban J connectivity index is 2.61. The molecule has 6 heteroatoms. The van der Waals surface area contributed by atoms with Crippen LogP contribution >= 0.6 is 11.6 Å². The molecule has 1 aromatic carbocycles. The molecule has 1 aromatic heterocycles. The second-order valence-corrected chi connectivity index (χ2v) is 3.57. The van der Waals surface area contributed by atoms with E-state index >= 15 is 0 Å². The number of benzene rings is 1. The molecule has 17 heavy (non-hydrogen) atoms. The van der Waals surface area contributed by atoms with Crippen LogP contribution in [-0.2, 0) is 0 Å². The van der Waals surface area contributed by atoms with Crippen molar-refractivity contribution in [1.82, 2.24) is 9.97 Å². The molecule has 1 heterocycles. The Bertz CT molecular complexity index is 569. The summed E-state index contributed by atoms with van der Waals surface area (Å²) >= 11 is 5.83. The predicted octanol–water partition coefficient (Wildman–Crippen LogP) is 2.63. The van der Waals surface area contributed by atoms with Gasteiger partial charge < -0.3 is 5.11 Å². The van der Waals surface area contributed by atoms with Gasteiger partial charge in [-0.15, -0.1) is 0 Å². The Morgan fingerprint density at radius 3 is 2.76 bits per heavy atom. The lowest BCUT2D eigenvalue weighted by Gasteiger charge is -2.04. The molecule has 0 spiro atoms. The van der Waals surface area contributed by atoms with E-state index in [-0.39, 0.29) is 22.1 Å². The molecule has 4 nitrogen and oxygen atoms in total. The highest BCUT2D eigenvalue weighted by Crippen LogP contribution is 2.27. The fourth-order valence-electron chi connectivity index (χ4n) is 1.31. The number of halogens is 2. The molecule has 2 rings (SSSR count). The maximum absolute atomic E-state index is 13.6. The van der Waals surface area contributed by atoms with Gasteiger partial charge >= 0.3 is 5.97 Å². The molecule has 0 aliphatic carbocycles. The van der Waals surface area contributed by atoms with Crippen molar-refractivity contribution < 1.29 is 14.3 Å². The Kier molecular flexibility index (Phi) is 3.01. The van der Waals surface area contributed by atoms with Crippen molar-refractivity contribution in [3.05, 3.63) is 47.0 Å². The van der Waals surface area contributed by atoms with Gasteiger partial charge in [0, 0.05) is 6.20 Å². The molecule has 0 atom stereocenters. The number of carboxylic acid groups (broad SMARTS) is 1. The van der Waals surface area contributed by atoms with Gasteiger partial charge in [0.1, 0.15) is 5.82 Å². The Hall–Kier alpha value is -2.01. The third-order valence-electron chi connectivity index (χ3n) is 2.06. The Morgan fingerprint density at radius 1 is 1.35 bits per heavy atom. The topological polar surface area (TPSA) is 63.1 Å². The van der Waals surface area contributed by atoms with Gasteiger partial charge in [0.2, 0.25) is 0 Å². The minimum Gasteiger partial charge on any atom is -0.477 e. The van der Waals surface area contributed by atoms with Gasteiger partial charge in [-0.25, -0.2) is 19.2 Å². The van der Waals surface area contributed by atoms with Crippen molar-refractivity contribution in [2.75, 3.05) is 0 Å². The molecule has 0 fully saturated rings. The highest BCUT2D eigenvalue weighted by Gasteiger charge is 2.14. The molecule has 1 N–H and O–H groups in total. The summed E-state index contributed by atoms with van der Waals surface area (Å²) in [7, 11) is 0. The van der Waals surface area contributed by atoms with Crippen LogP contribution in [0.25, 0.3) is 11.4 Å². The van der Waals surface area contributed by atoms with Crippen molar-refractivity contribution in [3.63, 3.8) is 0 Å². The van der Waals surface area contributed by atoms with Crippen molar-refractivity contribution in [3.8, 4) is 11.4 Å². The fraction of sp³-hybridized carbons (Fsp3) is 0. The van der Waals surface area contributed by atoms with Gasteiger partial charge in [0.05, 0.1) is 10.6 Å². The standard InChI is InChI=1S/C11H6ClFN2O2/c12-6-2-1-3-7(13)9(6)10-14-5-4-8(15-10)11(16)17/h1-5H,(H,16,17). The van der Waals surface area contributed by atoms with Gasteiger partial charge in [0.15, 0.2) is 11.5 Å². The van der Waals surface area contributed by atoms with Crippen molar-refractivity contribution >= 4 is 17.6 Å². The SMILES string of the molecule is O=C(O)c1ccnc(-c2c(F)cccc2Cl)n1. The lowest BCUT2D eigenvalue weighted by molar-refractivity contribution is 0.0690. The van der Waals surface area contributed by atoms with Crippen LogP contribution in [0.15, 0.2) is 30.5 Å². The first-order valence-corrected chi connectivity index (χ1v) is 4.98. The Labute approximate surface area is 101 Å². The highest BCUT2D eigenvalue weighted by molar-refractivity contribution is 6.33. The second kappa shape index (κ2) is 4.47. The summed E-state index contributed by atoms with van der Waals surface area (Å²) in [5.74, 6) is -1.85. The largest absolute Gasteiger partial charge is 0.477 e. The van der Waals surface area contributed by atoms with E-state index in [2.05, 4.69) is 9.97 Å². The van der Waals surface area contributed by atoms with E-state index in [4.69, 9.17) is 16.7 Å². The molecule has 86 valence electrons. The molecule has 0 aliphatic heterocycles. The maximum atomic E-state index is 13.6. The normalized spacial score (nSPS) is 10.2. The fourth-order valence-corrected chi connectivity index (χ4v) is 1.56. The second-order valence-electron chi connectivity index (χ2n) is 3.17. The zero-order valence-corrected chi connectivity index (χ0v) is 9.15. The predicted molar refractivity (Wildman–Crippen MR) is 59.4 cm³/mol. The number of hydrogen-bond donors (Lipinski definition) is 1. The van der Waals surface area contributed by atoms with Gasteiger partial charge in [-0.1, -0.05) is 17.7 Å². The molecular weight excluding hydrogens is 247 g/mol. The average molecular weight is 253 g/mol. The van der Waals surface area contributed by atoms with E-state index < -0.39 is 11.8 Å². The van der Waals surface area contributed by atoms with Crippen molar-refractivity contribution in [2.24, 2.45) is 0 Å².